The monoisotopic (exact) mass is 352 g/mol. The van der Waals surface area contributed by atoms with E-state index in [0.29, 0.717) is 13.0 Å². The van der Waals surface area contributed by atoms with Gasteiger partial charge in [0.2, 0.25) is 0 Å². The maximum Gasteiger partial charge on any atom is 0.323 e. The van der Waals surface area contributed by atoms with Gasteiger partial charge in [-0.1, -0.05) is 0 Å². The summed E-state index contributed by atoms with van der Waals surface area (Å²) in [5, 5.41) is 0. The van der Waals surface area contributed by atoms with Gasteiger partial charge in [-0.2, -0.15) is 0 Å². The second kappa shape index (κ2) is 11.6. The van der Waals surface area contributed by atoms with Crippen LogP contribution in [0.25, 0.3) is 0 Å². The van der Waals surface area contributed by atoms with Crippen molar-refractivity contribution in [1.82, 2.24) is 0 Å². The highest BCUT2D eigenvalue weighted by Gasteiger charge is 2.44. The molecule has 0 bridgehead atoms. The molecule has 0 spiro atoms. The fourth-order valence-corrected chi connectivity index (χ4v) is 2.27. The molecule has 0 amide bonds. The van der Waals surface area contributed by atoms with E-state index in [1.54, 1.807) is 20.8 Å². The maximum absolute atomic E-state index is 12.2. The third-order valence-electron chi connectivity index (χ3n) is 3.38. The van der Waals surface area contributed by atoms with Gasteiger partial charge < -0.3 is 18.9 Å². The Morgan fingerprint density at radius 3 is 1.96 bits per heavy atom. The summed E-state index contributed by atoms with van der Waals surface area (Å²) in [7, 11) is 0. The largest absolute Gasteiger partial charge is 0.465 e. The first-order chi connectivity index (χ1) is 10.8. The first-order valence-electron chi connectivity index (χ1n) is 8.03. The van der Waals surface area contributed by atoms with E-state index in [0.717, 1.165) is 0 Å². The average molecular weight is 353 g/mol. The summed E-state index contributed by atoms with van der Waals surface area (Å²) in [4.78, 5) is 24.4. The molecule has 0 aliphatic rings. The van der Waals surface area contributed by atoms with Crippen LogP contribution in [0.1, 0.15) is 47.5 Å². The summed E-state index contributed by atoms with van der Waals surface area (Å²) in [6.07, 6.45) is -0.0998. The molecule has 7 heteroatoms. The van der Waals surface area contributed by atoms with Gasteiger partial charge in [-0.15, -0.1) is 11.6 Å². The van der Waals surface area contributed by atoms with Crippen molar-refractivity contribution >= 4 is 23.5 Å². The van der Waals surface area contributed by atoms with E-state index < -0.39 is 23.6 Å². The third kappa shape index (κ3) is 7.50. The first kappa shape index (κ1) is 22.1. The highest BCUT2D eigenvalue weighted by molar-refractivity contribution is 6.18. The van der Waals surface area contributed by atoms with Crippen molar-refractivity contribution in [3.8, 4) is 0 Å². The number of rotatable bonds is 12. The zero-order valence-corrected chi connectivity index (χ0v) is 15.5. The lowest BCUT2D eigenvalue weighted by Gasteiger charge is -2.27. The summed E-state index contributed by atoms with van der Waals surface area (Å²) in [6, 6.07) is 0. The van der Waals surface area contributed by atoms with Crippen LogP contribution in [0, 0.1) is 5.41 Å². The van der Waals surface area contributed by atoms with Crippen LogP contribution in [0.3, 0.4) is 0 Å². The lowest BCUT2D eigenvalue weighted by atomic mass is 9.84. The van der Waals surface area contributed by atoms with Gasteiger partial charge in [0.05, 0.1) is 19.3 Å². The summed E-state index contributed by atoms with van der Waals surface area (Å²) in [6.45, 7) is 9.48. The van der Waals surface area contributed by atoms with Gasteiger partial charge in [-0.3, -0.25) is 9.59 Å². The number of carbonyl (C=O) groups excluding carboxylic acids is 2. The Bertz CT molecular complexity index is 342. The molecule has 6 nitrogen and oxygen atoms in total. The minimum Gasteiger partial charge on any atom is -0.465 e. The number of hydrogen-bond donors (Lipinski definition) is 0. The Balaban J connectivity index is 4.87. The van der Waals surface area contributed by atoms with E-state index in [-0.39, 0.29) is 31.6 Å². The summed E-state index contributed by atoms with van der Waals surface area (Å²) >= 11 is 5.91. The molecule has 0 radical (unpaired) electrons. The van der Waals surface area contributed by atoms with Crippen molar-refractivity contribution in [2.24, 2.45) is 5.41 Å². The molecule has 0 saturated heterocycles. The highest BCUT2D eigenvalue weighted by Crippen LogP contribution is 2.29. The Hall–Kier alpha value is -0.850. The SMILES string of the molecule is CCOC(=O)C(C)(CC[C@@H](CCl)OC(C)OCC)C(=O)OCC. The number of carbonyl (C=O) groups is 2. The molecular weight excluding hydrogens is 324 g/mol. The van der Waals surface area contributed by atoms with Crippen molar-refractivity contribution in [1.29, 1.82) is 0 Å². The quantitative estimate of drug-likeness (QED) is 0.233. The molecule has 0 aromatic rings. The summed E-state index contributed by atoms with van der Waals surface area (Å²) < 4.78 is 21.0. The van der Waals surface area contributed by atoms with Gasteiger partial charge in [0, 0.05) is 12.5 Å². The van der Waals surface area contributed by atoms with Crippen molar-refractivity contribution in [3.63, 3.8) is 0 Å². The van der Waals surface area contributed by atoms with Crippen LogP contribution >= 0.6 is 11.6 Å². The molecule has 0 fully saturated rings. The van der Waals surface area contributed by atoms with Crippen molar-refractivity contribution in [3.05, 3.63) is 0 Å². The standard InChI is InChI=1S/C16H29ClO6/c1-6-20-12(4)23-13(11-17)9-10-16(5,14(18)21-7-2)15(19)22-8-3/h12-13H,6-11H2,1-5H3/t12?,13-/m0/s1. The van der Waals surface area contributed by atoms with Gasteiger partial charge in [0.15, 0.2) is 11.7 Å². The number of alkyl halides is 1. The molecule has 0 heterocycles. The predicted octanol–water partition coefficient (Wildman–Crippen LogP) is 2.91. The summed E-state index contributed by atoms with van der Waals surface area (Å²) in [5.41, 5.74) is -1.37. The molecule has 0 aromatic carbocycles. The molecule has 0 saturated carbocycles. The first-order valence-corrected chi connectivity index (χ1v) is 8.56. The molecule has 136 valence electrons. The van der Waals surface area contributed by atoms with Crippen LogP contribution < -0.4 is 0 Å². The van der Waals surface area contributed by atoms with Crippen LogP contribution in [0.5, 0.6) is 0 Å². The molecule has 2 atom stereocenters. The normalized spacial score (nSPS) is 14.2. The average Bonchev–Trinajstić information content (AvgIpc) is 2.51. The number of esters is 2. The fourth-order valence-electron chi connectivity index (χ4n) is 2.04. The van der Waals surface area contributed by atoms with Gasteiger partial charge >= 0.3 is 11.9 Å². The van der Waals surface area contributed by atoms with Crippen LogP contribution in [-0.2, 0) is 28.5 Å². The molecule has 0 aliphatic carbocycles. The van der Waals surface area contributed by atoms with E-state index in [9.17, 15) is 9.59 Å². The van der Waals surface area contributed by atoms with Gasteiger partial charge in [-0.05, 0) is 47.5 Å². The number of halogens is 1. The maximum atomic E-state index is 12.2. The molecule has 0 N–H and O–H groups in total. The smallest absolute Gasteiger partial charge is 0.323 e. The molecular formula is C16H29ClO6. The van der Waals surface area contributed by atoms with Crippen LogP contribution in [0.4, 0.5) is 0 Å². The zero-order valence-electron chi connectivity index (χ0n) is 14.7. The van der Waals surface area contributed by atoms with E-state index >= 15 is 0 Å². The Kier molecular flexibility index (Phi) is 11.2. The Morgan fingerprint density at radius 1 is 1.04 bits per heavy atom. The van der Waals surface area contributed by atoms with Crippen molar-refractivity contribution < 1.29 is 28.5 Å². The molecule has 0 rings (SSSR count). The Morgan fingerprint density at radius 2 is 1.57 bits per heavy atom. The fraction of sp³-hybridized carbons (Fsp3) is 0.875. The van der Waals surface area contributed by atoms with Crippen LogP contribution in [0.15, 0.2) is 0 Å². The van der Waals surface area contributed by atoms with E-state index in [1.165, 1.54) is 6.92 Å². The van der Waals surface area contributed by atoms with E-state index in [4.69, 9.17) is 30.5 Å². The minimum absolute atomic E-state index is 0.199. The molecule has 0 aliphatic heterocycles. The Labute approximate surface area is 143 Å². The van der Waals surface area contributed by atoms with Gasteiger partial charge in [0.1, 0.15) is 0 Å². The lowest BCUT2D eigenvalue weighted by Crippen LogP contribution is -2.40. The minimum atomic E-state index is -1.37. The summed E-state index contributed by atoms with van der Waals surface area (Å²) in [5.74, 6) is -0.951. The topological polar surface area (TPSA) is 71.1 Å². The van der Waals surface area contributed by atoms with Crippen molar-refractivity contribution in [2.45, 2.75) is 59.9 Å². The lowest BCUT2D eigenvalue weighted by molar-refractivity contribution is -0.173. The van der Waals surface area contributed by atoms with Gasteiger partial charge in [-0.25, -0.2) is 0 Å². The van der Waals surface area contributed by atoms with E-state index in [1.807, 2.05) is 6.92 Å². The molecule has 23 heavy (non-hydrogen) atoms. The second-order valence-corrected chi connectivity index (χ2v) is 5.56. The highest BCUT2D eigenvalue weighted by atomic mass is 35.5. The second-order valence-electron chi connectivity index (χ2n) is 5.25. The van der Waals surface area contributed by atoms with Crippen LogP contribution in [0.2, 0.25) is 0 Å². The molecule has 1 unspecified atom stereocenters. The van der Waals surface area contributed by atoms with Crippen molar-refractivity contribution in [2.75, 3.05) is 25.7 Å². The number of hydrogen-bond acceptors (Lipinski definition) is 6. The molecule has 0 aromatic heterocycles. The zero-order chi connectivity index (χ0) is 17.9. The number of ether oxygens (including phenoxy) is 4. The van der Waals surface area contributed by atoms with E-state index in [2.05, 4.69) is 0 Å². The van der Waals surface area contributed by atoms with Crippen LogP contribution in [-0.4, -0.2) is 50.0 Å². The van der Waals surface area contributed by atoms with Gasteiger partial charge in [0.25, 0.3) is 0 Å². The predicted molar refractivity (Wildman–Crippen MR) is 87.3 cm³/mol. The third-order valence-corrected chi connectivity index (χ3v) is 3.72.